The SMILES string of the molecule is CC.CCC1CNc2ccccc21. The summed E-state index contributed by atoms with van der Waals surface area (Å²) in [5, 5.41) is 3.40. The van der Waals surface area contributed by atoms with Gasteiger partial charge in [0.15, 0.2) is 0 Å². The first kappa shape index (κ1) is 10.1. The Morgan fingerprint density at radius 3 is 2.69 bits per heavy atom. The second-order valence-corrected chi connectivity index (χ2v) is 3.07. The average molecular weight is 177 g/mol. The van der Waals surface area contributed by atoms with E-state index in [1.165, 1.54) is 17.7 Å². The van der Waals surface area contributed by atoms with Gasteiger partial charge in [0, 0.05) is 18.2 Å². The van der Waals surface area contributed by atoms with Crippen LogP contribution in [0.4, 0.5) is 5.69 Å². The lowest BCUT2D eigenvalue weighted by atomic mass is 9.99. The quantitative estimate of drug-likeness (QED) is 0.690. The molecule has 1 aromatic carbocycles. The third kappa shape index (κ3) is 2.03. The molecule has 0 amide bonds. The Hall–Kier alpha value is -0.980. The number of hydrogen-bond acceptors (Lipinski definition) is 1. The molecule has 0 spiro atoms. The van der Waals surface area contributed by atoms with E-state index in [1.807, 2.05) is 13.8 Å². The topological polar surface area (TPSA) is 12.0 Å². The Kier molecular flexibility index (Phi) is 3.81. The van der Waals surface area contributed by atoms with Crippen molar-refractivity contribution in [2.75, 3.05) is 11.9 Å². The molecule has 72 valence electrons. The molecule has 1 N–H and O–H groups in total. The molecule has 1 heterocycles. The summed E-state index contributed by atoms with van der Waals surface area (Å²) in [5.41, 5.74) is 2.83. The molecule has 1 aliphatic heterocycles. The molecule has 0 aliphatic carbocycles. The molecule has 1 nitrogen and oxygen atoms in total. The number of fused-ring (bicyclic) bond motifs is 1. The van der Waals surface area contributed by atoms with Crippen LogP contribution in [-0.4, -0.2) is 6.54 Å². The number of anilines is 1. The zero-order valence-corrected chi connectivity index (χ0v) is 8.80. The molecule has 0 aromatic heterocycles. The standard InChI is InChI=1S/C10H13N.C2H6/c1-2-8-7-11-10-6-4-3-5-9(8)10;1-2/h3-6,8,11H,2,7H2,1H3;1-2H3. The number of para-hydroxylation sites is 1. The fourth-order valence-corrected chi connectivity index (χ4v) is 1.72. The summed E-state index contributed by atoms with van der Waals surface area (Å²) in [5.74, 6) is 0.742. The van der Waals surface area contributed by atoms with Crippen molar-refractivity contribution < 1.29 is 0 Å². The minimum atomic E-state index is 0.742. The van der Waals surface area contributed by atoms with Crippen LogP contribution < -0.4 is 5.32 Å². The predicted octanol–water partition coefficient (Wildman–Crippen LogP) is 3.63. The fourth-order valence-electron chi connectivity index (χ4n) is 1.72. The van der Waals surface area contributed by atoms with Crippen LogP contribution in [0, 0.1) is 0 Å². The summed E-state index contributed by atoms with van der Waals surface area (Å²) in [7, 11) is 0. The van der Waals surface area contributed by atoms with Gasteiger partial charge in [0.25, 0.3) is 0 Å². The zero-order chi connectivity index (χ0) is 9.68. The molecule has 1 heteroatoms. The fraction of sp³-hybridized carbons (Fsp3) is 0.500. The Labute approximate surface area is 81.2 Å². The van der Waals surface area contributed by atoms with E-state index >= 15 is 0 Å². The first-order chi connectivity index (χ1) is 6.42. The van der Waals surface area contributed by atoms with Crippen molar-refractivity contribution >= 4 is 5.69 Å². The van der Waals surface area contributed by atoms with E-state index in [-0.39, 0.29) is 0 Å². The largest absolute Gasteiger partial charge is 0.384 e. The summed E-state index contributed by atoms with van der Waals surface area (Å²) >= 11 is 0. The lowest BCUT2D eigenvalue weighted by Crippen LogP contribution is -1.99. The van der Waals surface area contributed by atoms with Crippen molar-refractivity contribution in [1.82, 2.24) is 0 Å². The molecule has 1 unspecified atom stereocenters. The van der Waals surface area contributed by atoms with Crippen LogP contribution >= 0.6 is 0 Å². The Bertz CT molecular complexity index is 255. The lowest BCUT2D eigenvalue weighted by Gasteiger charge is -2.04. The number of hydrogen-bond donors (Lipinski definition) is 1. The van der Waals surface area contributed by atoms with Gasteiger partial charge in [-0.2, -0.15) is 0 Å². The molecule has 1 aromatic rings. The Morgan fingerprint density at radius 1 is 1.31 bits per heavy atom. The average Bonchev–Trinajstić information content (AvgIpc) is 2.64. The van der Waals surface area contributed by atoms with Gasteiger partial charge >= 0.3 is 0 Å². The molecule has 1 atom stereocenters. The highest BCUT2D eigenvalue weighted by Gasteiger charge is 2.18. The highest BCUT2D eigenvalue weighted by molar-refractivity contribution is 5.57. The zero-order valence-electron chi connectivity index (χ0n) is 8.80. The molecular formula is C12H19N. The molecule has 1 aliphatic rings. The van der Waals surface area contributed by atoms with Gasteiger partial charge in [-0.15, -0.1) is 0 Å². The highest BCUT2D eigenvalue weighted by Crippen LogP contribution is 2.32. The van der Waals surface area contributed by atoms with Gasteiger partial charge in [0.05, 0.1) is 0 Å². The smallest absolute Gasteiger partial charge is 0.0376 e. The van der Waals surface area contributed by atoms with Crippen molar-refractivity contribution in [3.63, 3.8) is 0 Å². The summed E-state index contributed by atoms with van der Waals surface area (Å²) in [4.78, 5) is 0. The van der Waals surface area contributed by atoms with Crippen LogP contribution in [0.5, 0.6) is 0 Å². The maximum absolute atomic E-state index is 3.40. The molecule has 0 radical (unpaired) electrons. The number of benzene rings is 1. The Balaban J connectivity index is 0.000000396. The van der Waals surface area contributed by atoms with E-state index in [9.17, 15) is 0 Å². The summed E-state index contributed by atoms with van der Waals surface area (Å²) in [6, 6.07) is 8.59. The second-order valence-electron chi connectivity index (χ2n) is 3.07. The van der Waals surface area contributed by atoms with E-state index in [4.69, 9.17) is 0 Å². The summed E-state index contributed by atoms with van der Waals surface area (Å²) in [6.07, 6.45) is 1.24. The molecule has 13 heavy (non-hydrogen) atoms. The van der Waals surface area contributed by atoms with E-state index in [0.29, 0.717) is 0 Å². The van der Waals surface area contributed by atoms with Crippen molar-refractivity contribution in [2.45, 2.75) is 33.1 Å². The molecule has 0 saturated heterocycles. The van der Waals surface area contributed by atoms with E-state index in [2.05, 4.69) is 36.5 Å². The number of rotatable bonds is 1. The third-order valence-electron chi connectivity index (χ3n) is 2.43. The van der Waals surface area contributed by atoms with Crippen LogP contribution in [0.25, 0.3) is 0 Å². The highest BCUT2D eigenvalue weighted by atomic mass is 14.9. The first-order valence-corrected chi connectivity index (χ1v) is 5.24. The van der Waals surface area contributed by atoms with Gasteiger partial charge in [0.1, 0.15) is 0 Å². The van der Waals surface area contributed by atoms with Crippen LogP contribution in [0.3, 0.4) is 0 Å². The van der Waals surface area contributed by atoms with Gasteiger partial charge < -0.3 is 5.32 Å². The minimum Gasteiger partial charge on any atom is -0.384 e. The maximum Gasteiger partial charge on any atom is 0.0376 e. The molecular weight excluding hydrogens is 158 g/mol. The normalized spacial score (nSPS) is 18.2. The van der Waals surface area contributed by atoms with E-state index < -0.39 is 0 Å². The molecule has 0 saturated carbocycles. The number of nitrogens with one attached hydrogen (secondary N) is 1. The van der Waals surface area contributed by atoms with Crippen molar-refractivity contribution in [3.8, 4) is 0 Å². The van der Waals surface area contributed by atoms with Crippen molar-refractivity contribution in [1.29, 1.82) is 0 Å². The monoisotopic (exact) mass is 177 g/mol. The molecule has 0 bridgehead atoms. The van der Waals surface area contributed by atoms with Crippen molar-refractivity contribution in [2.24, 2.45) is 0 Å². The Morgan fingerprint density at radius 2 is 2.00 bits per heavy atom. The van der Waals surface area contributed by atoms with Gasteiger partial charge in [0.2, 0.25) is 0 Å². The first-order valence-electron chi connectivity index (χ1n) is 5.24. The summed E-state index contributed by atoms with van der Waals surface area (Å²) in [6.45, 7) is 7.37. The van der Waals surface area contributed by atoms with E-state index in [1.54, 1.807) is 0 Å². The second kappa shape index (κ2) is 4.90. The third-order valence-corrected chi connectivity index (χ3v) is 2.43. The van der Waals surface area contributed by atoms with Gasteiger partial charge in [-0.3, -0.25) is 0 Å². The van der Waals surface area contributed by atoms with E-state index in [0.717, 1.165) is 12.5 Å². The van der Waals surface area contributed by atoms with Crippen LogP contribution in [0.15, 0.2) is 24.3 Å². The van der Waals surface area contributed by atoms with Crippen LogP contribution in [0.2, 0.25) is 0 Å². The summed E-state index contributed by atoms with van der Waals surface area (Å²) < 4.78 is 0. The van der Waals surface area contributed by atoms with Crippen LogP contribution in [0.1, 0.15) is 38.7 Å². The predicted molar refractivity (Wildman–Crippen MR) is 59.3 cm³/mol. The minimum absolute atomic E-state index is 0.742. The lowest BCUT2D eigenvalue weighted by molar-refractivity contribution is 0.727. The molecule has 0 fully saturated rings. The maximum atomic E-state index is 3.40. The van der Waals surface area contributed by atoms with Gasteiger partial charge in [-0.1, -0.05) is 39.0 Å². The van der Waals surface area contributed by atoms with Crippen molar-refractivity contribution in [3.05, 3.63) is 29.8 Å². The van der Waals surface area contributed by atoms with Gasteiger partial charge in [-0.05, 0) is 18.1 Å². The van der Waals surface area contributed by atoms with Gasteiger partial charge in [-0.25, -0.2) is 0 Å². The van der Waals surface area contributed by atoms with Crippen LogP contribution in [-0.2, 0) is 0 Å². The molecule has 2 rings (SSSR count).